The van der Waals surface area contributed by atoms with Crippen LogP contribution in [0.25, 0.3) is 0 Å². The van der Waals surface area contributed by atoms with Crippen LogP contribution in [0.3, 0.4) is 0 Å². The van der Waals surface area contributed by atoms with Crippen LogP contribution < -0.4 is 5.32 Å². The first-order chi connectivity index (χ1) is 7.16. The van der Waals surface area contributed by atoms with Crippen LogP contribution in [0.15, 0.2) is 6.20 Å². The maximum absolute atomic E-state index is 3.96. The minimum absolute atomic E-state index is 0.495. The summed E-state index contributed by atoms with van der Waals surface area (Å²) >= 11 is 0. The maximum atomic E-state index is 3.96. The van der Waals surface area contributed by atoms with Crippen molar-refractivity contribution < 1.29 is 0 Å². The fourth-order valence-corrected chi connectivity index (χ4v) is 1.68. The predicted molar refractivity (Wildman–Crippen MR) is 61.7 cm³/mol. The Hall–Kier alpha value is -0.900. The molecule has 4 heteroatoms. The Balaban J connectivity index is 2.46. The van der Waals surface area contributed by atoms with Crippen molar-refractivity contribution in [1.29, 1.82) is 0 Å². The van der Waals surface area contributed by atoms with Gasteiger partial charge in [0.25, 0.3) is 0 Å². The zero-order valence-electron chi connectivity index (χ0n) is 10.2. The highest BCUT2D eigenvalue weighted by Gasteiger charge is 2.17. The fourth-order valence-electron chi connectivity index (χ4n) is 1.68. The minimum atomic E-state index is 0.495. The Kier molecular flexibility index (Phi) is 4.75. The molecular weight excluding hydrogens is 188 g/mol. The molecule has 4 nitrogen and oxygen atoms in total. The molecule has 0 aliphatic heterocycles. The molecule has 2 atom stereocenters. The summed E-state index contributed by atoms with van der Waals surface area (Å²) < 4.78 is 1.86. The molecule has 1 rings (SSSR count). The number of aromatic nitrogens is 3. The van der Waals surface area contributed by atoms with Gasteiger partial charge in [0.15, 0.2) is 0 Å². The summed E-state index contributed by atoms with van der Waals surface area (Å²) in [6.45, 7) is 8.84. The van der Waals surface area contributed by atoms with E-state index in [1.54, 1.807) is 0 Å². The predicted octanol–water partition coefficient (Wildman–Crippen LogP) is 1.55. The van der Waals surface area contributed by atoms with Gasteiger partial charge in [0.1, 0.15) is 0 Å². The van der Waals surface area contributed by atoms with Gasteiger partial charge in [0.2, 0.25) is 0 Å². The summed E-state index contributed by atoms with van der Waals surface area (Å²) in [5, 5.41) is 11.3. The molecule has 0 aliphatic rings. The molecule has 0 amide bonds. The van der Waals surface area contributed by atoms with E-state index in [-0.39, 0.29) is 0 Å². The summed E-state index contributed by atoms with van der Waals surface area (Å²) in [5.74, 6) is 1.10. The van der Waals surface area contributed by atoms with Crippen LogP contribution in [0.1, 0.15) is 38.8 Å². The highest BCUT2D eigenvalue weighted by molar-refractivity contribution is 5.03. The van der Waals surface area contributed by atoms with Crippen molar-refractivity contribution in [2.75, 3.05) is 13.1 Å². The zero-order chi connectivity index (χ0) is 11.3. The Morgan fingerprint density at radius 2 is 2.20 bits per heavy atom. The van der Waals surface area contributed by atoms with Gasteiger partial charge in [-0.1, -0.05) is 26.0 Å². The van der Waals surface area contributed by atoms with Crippen LogP contribution in [0.2, 0.25) is 0 Å². The summed E-state index contributed by atoms with van der Waals surface area (Å²) in [6, 6.07) is 0. The van der Waals surface area contributed by atoms with Crippen molar-refractivity contribution in [2.24, 2.45) is 13.0 Å². The van der Waals surface area contributed by atoms with Gasteiger partial charge in [-0.2, -0.15) is 0 Å². The monoisotopic (exact) mass is 210 g/mol. The molecule has 0 aliphatic carbocycles. The van der Waals surface area contributed by atoms with Crippen LogP contribution in [-0.4, -0.2) is 28.1 Å². The molecule has 0 saturated heterocycles. The van der Waals surface area contributed by atoms with Crippen LogP contribution in [0.5, 0.6) is 0 Å². The molecule has 86 valence electrons. The van der Waals surface area contributed by atoms with Crippen molar-refractivity contribution in [2.45, 2.75) is 33.1 Å². The van der Waals surface area contributed by atoms with E-state index in [0.29, 0.717) is 11.8 Å². The van der Waals surface area contributed by atoms with E-state index in [9.17, 15) is 0 Å². The van der Waals surface area contributed by atoms with Crippen molar-refractivity contribution in [3.05, 3.63) is 11.9 Å². The lowest BCUT2D eigenvalue weighted by Crippen LogP contribution is -2.25. The Labute approximate surface area is 92.1 Å². The van der Waals surface area contributed by atoms with E-state index in [0.717, 1.165) is 13.1 Å². The number of nitrogens with zero attached hydrogens (tertiary/aromatic N) is 3. The minimum Gasteiger partial charge on any atom is -0.316 e. The summed E-state index contributed by atoms with van der Waals surface area (Å²) in [5.41, 5.74) is 1.21. The van der Waals surface area contributed by atoms with Crippen LogP contribution in [0.4, 0.5) is 0 Å². The van der Waals surface area contributed by atoms with E-state index in [2.05, 4.69) is 36.4 Å². The summed E-state index contributed by atoms with van der Waals surface area (Å²) in [6.07, 6.45) is 3.05. The lowest BCUT2D eigenvalue weighted by molar-refractivity contribution is 0.429. The van der Waals surface area contributed by atoms with Crippen molar-refractivity contribution >= 4 is 0 Å². The van der Waals surface area contributed by atoms with Gasteiger partial charge < -0.3 is 5.32 Å². The third-order valence-electron chi connectivity index (χ3n) is 2.96. The lowest BCUT2D eigenvalue weighted by Gasteiger charge is -2.19. The number of hydrogen-bond donors (Lipinski definition) is 1. The second-order valence-corrected chi connectivity index (χ2v) is 4.25. The largest absolute Gasteiger partial charge is 0.316 e. The smallest absolute Gasteiger partial charge is 0.0727 e. The van der Waals surface area contributed by atoms with E-state index in [1.165, 1.54) is 12.1 Å². The summed E-state index contributed by atoms with van der Waals surface area (Å²) in [7, 11) is 1.95. The first-order valence-corrected chi connectivity index (χ1v) is 5.72. The van der Waals surface area contributed by atoms with E-state index in [1.807, 2.05) is 17.9 Å². The van der Waals surface area contributed by atoms with Crippen molar-refractivity contribution in [3.8, 4) is 0 Å². The van der Waals surface area contributed by atoms with Gasteiger partial charge in [0, 0.05) is 13.0 Å². The van der Waals surface area contributed by atoms with Gasteiger partial charge in [-0.15, -0.1) is 5.10 Å². The SMILES string of the molecule is CCCNCC(C)C(C)c1cnnn1C. The zero-order valence-corrected chi connectivity index (χ0v) is 10.2. The van der Waals surface area contributed by atoms with E-state index in [4.69, 9.17) is 0 Å². The third-order valence-corrected chi connectivity index (χ3v) is 2.96. The standard InChI is InChI=1S/C11H22N4/c1-5-6-12-7-9(2)10(3)11-8-13-14-15(11)4/h8-10,12H,5-7H2,1-4H3. The molecule has 1 aromatic heterocycles. The maximum Gasteiger partial charge on any atom is 0.0727 e. The molecule has 15 heavy (non-hydrogen) atoms. The molecule has 1 aromatic rings. The Morgan fingerprint density at radius 3 is 2.73 bits per heavy atom. The Bertz CT molecular complexity index is 282. The summed E-state index contributed by atoms with van der Waals surface area (Å²) in [4.78, 5) is 0. The molecular formula is C11H22N4. The average molecular weight is 210 g/mol. The van der Waals surface area contributed by atoms with Gasteiger partial charge in [-0.25, -0.2) is 0 Å². The number of nitrogens with one attached hydrogen (secondary N) is 1. The fraction of sp³-hybridized carbons (Fsp3) is 0.818. The second-order valence-electron chi connectivity index (χ2n) is 4.25. The molecule has 2 unspecified atom stereocenters. The topological polar surface area (TPSA) is 42.7 Å². The molecule has 1 N–H and O–H groups in total. The van der Waals surface area contributed by atoms with Gasteiger partial charge in [-0.05, 0) is 25.4 Å². The quantitative estimate of drug-likeness (QED) is 0.724. The third kappa shape index (κ3) is 3.30. The molecule has 0 aromatic carbocycles. The number of rotatable bonds is 6. The van der Waals surface area contributed by atoms with Gasteiger partial charge in [-0.3, -0.25) is 4.68 Å². The van der Waals surface area contributed by atoms with Crippen LogP contribution in [0, 0.1) is 5.92 Å². The Morgan fingerprint density at radius 1 is 1.47 bits per heavy atom. The normalized spacial score (nSPS) is 15.2. The van der Waals surface area contributed by atoms with E-state index >= 15 is 0 Å². The molecule has 0 radical (unpaired) electrons. The second kappa shape index (κ2) is 5.85. The lowest BCUT2D eigenvalue weighted by atomic mass is 9.93. The number of hydrogen-bond acceptors (Lipinski definition) is 3. The molecule has 0 spiro atoms. The molecule has 0 fully saturated rings. The van der Waals surface area contributed by atoms with Crippen LogP contribution >= 0.6 is 0 Å². The van der Waals surface area contributed by atoms with Gasteiger partial charge >= 0.3 is 0 Å². The van der Waals surface area contributed by atoms with Crippen LogP contribution in [-0.2, 0) is 7.05 Å². The van der Waals surface area contributed by atoms with Crippen molar-refractivity contribution in [3.63, 3.8) is 0 Å². The molecule has 0 bridgehead atoms. The van der Waals surface area contributed by atoms with Gasteiger partial charge in [0.05, 0.1) is 11.9 Å². The highest BCUT2D eigenvalue weighted by atomic mass is 15.4. The van der Waals surface area contributed by atoms with E-state index < -0.39 is 0 Å². The molecule has 1 heterocycles. The highest BCUT2D eigenvalue weighted by Crippen LogP contribution is 2.21. The average Bonchev–Trinajstić information content (AvgIpc) is 2.63. The number of aryl methyl sites for hydroxylation is 1. The van der Waals surface area contributed by atoms with Crippen molar-refractivity contribution in [1.82, 2.24) is 20.3 Å². The first kappa shape index (κ1) is 12.2. The first-order valence-electron chi connectivity index (χ1n) is 5.72. The molecule has 0 saturated carbocycles.